The first-order chi connectivity index (χ1) is 8.74. The lowest BCUT2D eigenvalue weighted by Gasteiger charge is -2.03. The van der Waals surface area contributed by atoms with Crippen molar-refractivity contribution in [3.63, 3.8) is 0 Å². The van der Waals surface area contributed by atoms with Gasteiger partial charge in [0.15, 0.2) is 5.69 Å². The van der Waals surface area contributed by atoms with Crippen LogP contribution in [0.2, 0.25) is 0 Å². The molecular formula is C13H10N2O3. The van der Waals surface area contributed by atoms with E-state index in [1.807, 2.05) is 18.2 Å². The van der Waals surface area contributed by atoms with Gasteiger partial charge in [0.25, 0.3) is 0 Å². The van der Waals surface area contributed by atoms with E-state index in [0.717, 1.165) is 23.3 Å². The largest absolute Gasteiger partial charge is 0.493 e. The van der Waals surface area contributed by atoms with Gasteiger partial charge in [-0.05, 0) is 35.9 Å². The van der Waals surface area contributed by atoms with Gasteiger partial charge < -0.3 is 9.84 Å². The van der Waals surface area contributed by atoms with E-state index in [2.05, 4.69) is 10.2 Å². The zero-order chi connectivity index (χ0) is 12.5. The van der Waals surface area contributed by atoms with Crippen LogP contribution < -0.4 is 4.74 Å². The number of rotatable bonds is 2. The average molecular weight is 242 g/mol. The third-order valence-corrected chi connectivity index (χ3v) is 2.87. The van der Waals surface area contributed by atoms with Crippen molar-refractivity contribution in [1.29, 1.82) is 0 Å². The second-order valence-corrected chi connectivity index (χ2v) is 4.03. The van der Waals surface area contributed by atoms with Crippen molar-refractivity contribution in [1.82, 2.24) is 10.2 Å². The summed E-state index contributed by atoms with van der Waals surface area (Å²) >= 11 is 0. The molecule has 0 atom stereocenters. The van der Waals surface area contributed by atoms with Gasteiger partial charge in [-0.1, -0.05) is 0 Å². The Kier molecular flexibility index (Phi) is 2.44. The number of nitrogens with zero attached hydrogens (tertiary/aromatic N) is 2. The summed E-state index contributed by atoms with van der Waals surface area (Å²) in [5.41, 5.74) is 2.68. The number of benzene rings is 1. The zero-order valence-corrected chi connectivity index (χ0v) is 9.46. The Morgan fingerprint density at radius 3 is 2.83 bits per heavy atom. The first-order valence-corrected chi connectivity index (χ1v) is 5.57. The molecular weight excluding hydrogens is 232 g/mol. The minimum Gasteiger partial charge on any atom is -0.493 e. The second kappa shape index (κ2) is 4.10. The molecule has 0 unspecified atom stereocenters. The number of ether oxygens (including phenoxy) is 1. The molecule has 0 aliphatic carbocycles. The molecule has 0 fully saturated rings. The summed E-state index contributed by atoms with van der Waals surface area (Å²) in [5, 5.41) is 16.3. The van der Waals surface area contributed by atoms with Crippen LogP contribution in [0.4, 0.5) is 0 Å². The molecule has 2 aromatic rings. The molecule has 18 heavy (non-hydrogen) atoms. The Bertz CT molecular complexity index is 608. The lowest BCUT2D eigenvalue weighted by Crippen LogP contribution is -2.02. The summed E-state index contributed by atoms with van der Waals surface area (Å²) < 4.78 is 5.43. The highest BCUT2D eigenvalue weighted by atomic mass is 16.5. The first-order valence-electron chi connectivity index (χ1n) is 5.57. The Morgan fingerprint density at radius 2 is 2.11 bits per heavy atom. The second-order valence-electron chi connectivity index (χ2n) is 4.03. The molecule has 1 aromatic heterocycles. The topological polar surface area (TPSA) is 72.3 Å². The van der Waals surface area contributed by atoms with Crippen LogP contribution in [0.15, 0.2) is 30.3 Å². The number of aromatic nitrogens is 2. The van der Waals surface area contributed by atoms with Crippen molar-refractivity contribution in [2.45, 2.75) is 6.42 Å². The van der Waals surface area contributed by atoms with Gasteiger partial charge in [-0.15, -0.1) is 10.2 Å². The van der Waals surface area contributed by atoms with Gasteiger partial charge in [-0.25, -0.2) is 4.79 Å². The van der Waals surface area contributed by atoms with E-state index >= 15 is 0 Å². The predicted molar refractivity (Wildman–Crippen MR) is 63.6 cm³/mol. The molecule has 1 N–H and O–H groups in total. The average Bonchev–Trinajstić information content (AvgIpc) is 2.86. The van der Waals surface area contributed by atoms with E-state index in [-0.39, 0.29) is 5.69 Å². The van der Waals surface area contributed by atoms with E-state index in [0.29, 0.717) is 12.3 Å². The molecule has 90 valence electrons. The highest BCUT2D eigenvalue weighted by molar-refractivity contribution is 5.85. The fourth-order valence-electron chi connectivity index (χ4n) is 1.95. The summed E-state index contributed by atoms with van der Waals surface area (Å²) in [4.78, 5) is 10.7. The smallest absolute Gasteiger partial charge is 0.356 e. The molecule has 1 aliphatic rings. The number of hydrogen-bond acceptors (Lipinski definition) is 4. The van der Waals surface area contributed by atoms with Crippen LogP contribution in [0.1, 0.15) is 16.1 Å². The Morgan fingerprint density at radius 1 is 1.22 bits per heavy atom. The molecule has 3 rings (SSSR count). The van der Waals surface area contributed by atoms with Crippen LogP contribution in [-0.2, 0) is 6.42 Å². The lowest BCUT2D eigenvalue weighted by molar-refractivity contribution is 0.0689. The standard InChI is InChI=1S/C13H10N2O3/c16-13(17)11-3-2-10(14-15-11)8-1-4-12-9(7-8)5-6-18-12/h1-4,7H,5-6H2,(H,16,17). The van der Waals surface area contributed by atoms with Crippen molar-refractivity contribution in [3.8, 4) is 17.0 Å². The van der Waals surface area contributed by atoms with Crippen LogP contribution >= 0.6 is 0 Å². The molecule has 0 radical (unpaired) electrons. The molecule has 0 spiro atoms. The molecule has 2 heterocycles. The maximum Gasteiger partial charge on any atom is 0.356 e. The zero-order valence-electron chi connectivity index (χ0n) is 9.46. The van der Waals surface area contributed by atoms with Crippen LogP contribution in [0, 0.1) is 0 Å². The first kappa shape index (κ1) is 10.7. The van der Waals surface area contributed by atoms with Gasteiger partial charge in [-0.2, -0.15) is 0 Å². The molecule has 0 bridgehead atoms. The summed E-state index contributed by atoms with van der Waals surface area (Å²) in [6.45, 7) is 0.711. The quantitative estimate of drug-likeness (QED) is 0.868. The summed E-state index contributed by atoms with van der Waals surface area (Å²) in [5.74, 6) is -0.162. The monoisotopic (exact) mass is 242 g/mol. The fourth-order valence-corrected chi connectivity index (χ4v) is 1.95. The van der Waals surface area contributed by atoms with Crippen LogP contribution in [0.5, 0.6) is 5.75 Å². The van der Waals surface area contributed by atoms with Crippen molar-refractivity contribution in [2.75, 3.05) is 6.61 Å². The number of hydrogen-bond donors (Lipinski definition) is 1. The fraction of sp³-hybridized carbons (Fsp3) is 0.154. The van der Waals surface area contributed by atoms with Crippen molar-refractivity contribution < 1.29 is 14.6 Å². The Labute approximate surface area is 103 Å². The predicted octanol–water partition coefficient (Wildman–Crippen LogP) is 1.78. The molecule has 5 nitrogen and oxygen atoms in total. The van der Waals surface area contributed by atoms with Gasteiger partial charge in [-0.3, -0.25) is 0 Å². The van der Waals surface area contributed by atoms with Crippen LogP contribution in [0.3, 0.4) is 0 Å². The minimum atomic E-state index is -1.07. The summed E-state index contributed by atoms with van der Waals surface area (Å²) in [7, 11) is 0. The highest BCUT2D eigenvalue weighted by Gasteiger charge is 2.13. The van der Waals surface area contributed by atoms with Crippen LogP contribution in [0.25, 0.3) is 11.3 Å². The van der Waals surface area contributed by atoms with Crippen molar-refractivity contribution in [2.24, 2.45) is 0 Å². The van der Waals surface area contributed by atoms with E-state index in [9.17, 15) is 4.79 Å². The number of carbonyl (C=O) groups is 1. The number of carboxylic acids is 1. The lowest BCUT2D eigenvalue weighted by atomic mass is 10.1. The van der Waals surface area contributed by atoms with Gasteiger partial charge in [0.05, 0.1) is 12.3 Å². The minimum absolute atomic E-state index is 0.0526. The third kappa shape index (κ3) is 1.79. The molecule has 0 saturated heterocycles. The van der Waals surface area contributed by atoms with Gasteiger partial charge >= 0.3 is 5.97 Å². The van der Waals surface area contributed by atoms with Crippen molar-refractivity contribution in [3.05, 3.63) is 41.6 Å². The number of fused-ring (bicyclic) bond motifs is 1. The molecule has 0 amide bonds. The van der Waals surface area contributed by atoms with Gasteiger partial charge in [0.2, 0.25) is 0 Å². The number of aromatic carboxylic acids is 1. The molecule has 0 saturated carbocycles. The normalized spacial score (nSPS) is 12.9. The van der Waals surface area contributed by atoms with E-state index in [4.69, 9.17) is 9.84 Å². The molecule has 5 heteroatoms. The molecule has 1 aromatic carbocycles. The Balaban J connectivity index is 1.97. The SMILES string of the molecule is O=C(O)c1ccc(-c2ccc3c(c2)CCO3)nn1. The summed E-state index contributed by atoms with van der Waals surface area (Å²) in [6, 6.07) is 8.92. The maximum atomic E-state index is 10.7. The van der Waals surface area contributed by atoms with E-state index in [1.165, 1.54) is 6.07 Å². The third-order valence-electron chi connectivity index (χ3n) is 2.87. The van der Waals surface area contributed by atoms with E-state index in [1.54, 1.807) is 6.07 Å². The number of carboxylic acid groups (broad SMARTS) is 1. The highest BCUT2D eigenvalue weighted by Crippen LogP contribution is 2.29. The van der Waals surface area contributed by atoms with E-state index < -0.39 is 5.97 Å². The van der Waals surface area contributed by atoms with Gasteiger partial charge in [0.1, 0.15) is 5.75 Å². The van der Waals surface area contributed by atoms with Gasteiger partial charge in [0, 0.05) is 12.0 Å². The molecule has 1 aliphatic heterocycles. The summed E-state index contributed by atoms with van der Waals surface area (Å²) in [6.07, 6.45) is 0.893. The maximum absolute atomic E-state index is 10.7. The Hall–Kier alpha value is -2.43. The van der Waals surface area contributed by atoms with Crippen LogP contribution in [-0.4, -0.2) is 27.9 Å². The van der Waals surface area contributed by atoms with Crippen molar-refractivity contribution >= 4 is 5.97 Å².